The summed E-state index contributed by atoms with van der Waals surface area (Å²) in [4.78, 5) is 37.2. The lowest BCUT2D eigenvalue weighted by Gasteiger charge is -2.27. The molecule has 0 aliphatic carbocycles. The highest BCUT2D eigenvalue weighted by Crippen LogP contribution is 2.26. The van der Waals surface area contributed by atoms with Gasteiger partial charge in [-0.15, -0.1) is 0 Å². The van der Waals surface area contributed by atoms with Crippen molar-refractivity contribution >= 4 is 18.0 Å². The minimum atomic E-state index is -1.80. The van der Waals surface area contributed by atoms with E-state index in [2.05, 4.69) is 5.32 Å². The van der Waals surface area contributed by atoms with Crippen molar-refractivity contribution in [1.82, 2.24) is 10.2 Å². The van der Waals surface area contributed by atoms with Crippen molar-refractivity contribution in [3.8, 4) is 0 Å². The van der Waals surface area contributed by atoms with Gasteiger partial charge in [-0.25, -0.2) is 14.0 Å². The van der Waals surface area contributed by atoms with Crippen molar-refractivity contribution in [2.45, 2.75) is 58.2 Å². The van der Waals surface area contributed by atoms with Crippen molar-refractivity contribution in [2.75, 3.05) is 6.54 Å². The Kier molecular flexibility index (Phi) is 6.41. The molecule has 1 aliphatic heterocycles. The number of rotatable bonds is 4. The number of ether oxygens (including phenoxy) is 2. The van der Waals surface area contributed by atoms with Crippen LogP contribution in [0.2, 0.25) is 0 Å². The summed E-state index contributed by atoms with van der Waals surface area (Å²) in [5.74, 6) is -1.34. The third kappa shape index (κ3) is 5.67. The number of amides is 2. The van der Waals surface area contributed by atoms with Gasteiger partial charge in [0, 0.05) is 13.5 Å². The third-order valence-corrected chi connectivity index (χ3v) is 3.90. The minimum Gasteiger partial charge on any atom is -0.459 e. The number of hydrogen-bond donors (Lipinski definition) is 1. The van der Waals surface area contributed by atoms with Gasteiger partial charge >= 0.3 is 12.1 Å². The lowest BCUT2D eigenvalue weighted by atomic mass is 10.1. The first-order valence-corrected chi connectivity index (χ1v) is 8.70. The van der Waals surface area contributed by atoms with Gasteiger partial charge in [0.1, 0.15) is 12.2 Å². The average Bonchev–Trinajstić information content (AvgIpc) is 2.88. The Hall–Kier alpha value is -2.64. The van der Waals surface area contributed by atoms with Crippen molar-refractivity contribution in [1.29, 1.82) is 0 Å². The minimum absolute atomic E-state index is 0.0458. The van der Waals surface area contributed by atoms with E-state index in [1.807, 2.05) is 6.07 Å². The number of hydrogen-bond acceptors (Lipinski definition) is 5. The zero-order valence-corrected chi connectivity index (χ0v) is 15.9. The molecule has 148 valence electrons. The van der Waals surface area contributed by atoms with E-state index in [-0.39, 0.29) is 13.2 Å². The van der Waals surface area contributed by atoms with Gasteiger partial charge in [0.15, 0.2) is 12.2 Å². The number of nitrogens with one attached hydrogen (secondary N) is 1. The summed E-state index contributed by atoms with van der Waals surface area (Å²) in [7, 11) is 0. The molecule has 0 unspecified atom stereocenters. The maximum absolute atomic E-state index is 14.9. The molecule has 8 heteroatoms. The molecule has 0 bridgehead atoms. The van der Waals surface area contributed by atoms with Crippen LogP contribution in [-0.4, -0.2) is 53.3 Å². The summed E-state index contributed by atoms with van der Waals surface area (Å²) in [6.07, 6.45) is -2.63. The van der Waals surface area contributed by atoms with Crippen LogP contribution in [0.1, 0.15) is 33.3 Å². The lowest BCUT2D eigenvalue weighted by Crippen LogP contribution is -2.47. The zero-order valence-electron chi connectivity index (χ0n) is 15.9. The molecule has 0 saturated carbocycles. The molecular formula is C19H25FN2O5. The number of nitrogens with zero attached hydrogens (tertiary/aromatic N) is 1. The second-order valence-corrected chi connectivity index (χ2v) is 7.42. The predicted octanol–water partition coefficient (Wildman–Crippen LogP) is 2.19. The standard InChI is InChI=1S/C19H25FN2O5/c1-12(23)21-14-10-22(18(25)27-19(2,3)4)16(15(14)20)17(24)26-11-13-8-6-5-7-9-13/h5-9,14-16H,10-11H2,1-4H3,(H,21,23)/t14-,15+,16+/m1/s1. The van der Waals surface area contributed by atoms with Gasteiger partial charge < -0.3 is 14.8 Å². The van der Waals surface area contributed by atoms with Crippen LogP contribution in [0, 0.1) is 0 Å². The Morgan fingerprint density at radius 1 is 1.22 bits per heavy atom. The molecule has 1 aliphatic rings. The summed E-state index contributed by atoms with van der Waals surface area (Å²) in [6.45, 7) is 6.02. The van der Waals surface area contributed by atoms with Crippen LogP contribution in [0.5, 0.6) is 0 Å². The molecule has 3 atom stereocenters. The van der Waals surface area contributed by atoms with E-state index in [0.717, 1.165) is 10.5 Å². The van der Waals surface area contributed by atoms with Crippen molar-refractivity contribution in [2.24, 2.45) is 0 Å². The van der Waals surface area contributed by atoms with Gasteiger partial charge in [-0.3, -0.25) is 9.69 Å². The summed E-state index contributed by atoms with van der Waals surface area (Å²) in [5.41, 5.74) is -0.0745. The number of likely N-dealkylation sites (tertiary alicyclic amines) is 1. The molecule has 27 heavy (non-hydrogen) atoms. The summed E-state index contributed by atoms with van der Waals surface area (Å²) >= 11 is 0. The number of esters is 1. The van der Waals surface area contributed by atoms with E-state index in [1.165, 1.54) is 6.92 Å². The Bertz CT molecular complexity index is 689. The van der Waals surface area contributed by atoms with Crippen LogP contribution in [0.25, 0.3) is 0 Å². The molecule has 1 N–H and O–H groups in total. The zero-order chi connectivity index (χ0) is 20.2. The van der Waals surface area contributed by atoms with Crippen LogP contribution in [0.4, 0.5) is 9.18 Å². The fourth-order valence-corrected chi connectivity index (χ4v) is 2.78. The predicted molar refractivity (Wildman–Crippen MR) is 95.5 cm³/mol. The average molecular weight is 380 g/mol. The fourth-order valence-electron chi connectivity index (χ4n) is 2.78. The Balaban J connectivity index is 2.14. The molecule has 0 radical (unpaired) electrons. The van der Waals surface area contributed by atoms with Crippen LogP contribution in [0.15, 0.2) is 30.3 Å². The molecule has 1 saturated heterocycles. The van der Waals surface area contributed by atoms with Crippen LogP contribution in [0.3, 0.4) is 0 Å². The number of benzene rings is 1. The summed E-state index contributed by atoms with van der Waals surface area (Å²) in [5, 5.41) is 2.43. The van der Waals surface area contributed by atoms with E-state index < -0.39 is 41.8 Å². The maximum Gasteiger partial charge on any atom is 0.411 e. The van der Waals surface area contributed by atoms with E-state index in [9.17, 15) is 18.8 Å². The molecule has 7 nitrogen and oxygen atoms in total. The molecule has 1 aromatic rings. The van der Waals surface area contributed by atoms with E-state index >= 15 is 0 Å². The van der Waals surface area contributed by atoms with Gasteiger partial charge in [-0.05, 0) is 26.3 Å². The third-order valence-electron chi connectivity index (χ3n) is 3.90. The van der Waals surface area contributed by atoms with Crippen molar-refractivity contribution in [3.05, 3.63) is 35.9 Å². The smallest absolute Gasteiger partial charge is 0.411 e. The quantitative estimate of drug-likeness (QED) is 0.810. The van der Waals surface area contributed by atoms with Gasteiger partial charge in [-0.2, -0.15) is 0 Å². The first-order chi connectivity index (χ1) is 12.6. The molecule has 2 amide bonds. The van der Waals surface area contributed by atoms with Crippen molar-refractivity contribution in [3.63, 3.8) is 0 Å². The molecule has 1 fully saturated rings. The fraction of sp³-hybridized carbons (Fsp3) is 0.526. The summed E-state index contributed by atoms with van der Waals surface area (Å²) < 4.78 is 25.3. The summed E-state index contributed by atoms with van der Waals surface area (Å²) in [6, 6.07) is 6.43. The topological polar surface area (TPSA) is 84.9 Å². The molecule has 1 aromatic carbocycles. The Labute approximate surface area is 157 Å². The molecular weight excluding hydrogens is 355 g/mol. The highest BCUT2D eigenvalue weighted by Gasteiger charge is 2.51. The van der Waals surface area contributed by atoms with Crippen LogP contribution >= 0.6 is 0 Å². The molecule has 1 heterocycles. The van der Waals surface area contributed by atoms with E-state index in [1.54, 1.807) is 45.0 Å². The van der Waals surface area contributed by atoms with Gasteiger partial charge in [0.05, 0.1) is 6.04 Å². The largest absolute Gasteiger partial charge is 0.459 e. The van der Waals surface area contributed by atoms with Crippen LogP contribution < -0.4 is 5.32 Å². The highest BCUT2D eigenvalue weighted by atomic mass is 19.1. The SMILES string of the molecule is CC(=O)N[C@@H]1CN(C(=O)OC(C)(C)C)[C@H](C(=O)OCc2ccccc2)[C@H]1F. The molecule has 0 spiro atoms. The second-order valence-electron chi connectivity index (χ2n) is 7.42. The lowest BCUT2D eigenvalue weighted by molar-refractivity contribution is -0.152. The number of halogens is 1. The van der Waals surface area contributed by atoms with E-state index in [4.69, 9.17) is 9.47 Å². The first kappa shape index (κ1) is 20.7. The van der Waals surface area contributed by atoms with Gasteiger partial charge in [-0.1, -0.05) is 30.3 Å². The second kappa shape index (κ2) is 8.37. The number of carbonyl (C=O) groups is 3. The van der Waals surface area contributed by atoms with Gasteiger partial charge in [0.25, 0.3) is 0 Å². The monoisotopic (exact) mass is 380 g/mol. The normalized spacial score (nSPS) is 22.3. The Morgan fingerprint density at radius 2 is 1.85 bits per heavy atom. The molecule has 2 rings (SSSR count). The molecule has 0 aromatic heterocycles. The Morgan fingerprint density at radius 3 is 2.41 bits per heavy atom. The maximum atomic E-state index is 14.9. The van der Waals surface area contributed by atoms with Crippen molar-refractivity contribution < 1.29 is 28.2 Å². The number of alkyl halides is 1. The first-order valence-electron chi connectivity index (χ1n) is 8.70. The van der Waals surface area contributed by atoms with Crippen LogP contribution in [-0.2, 0) is 25.7 Å². The van der Waals surface area contributed by atoms with E-state index in [0.29, 0.717) is 0 Å². The van der Waals surface area contributed by atoms with Gasteiger partial charge in [0.2, 0.25) is 5.91 Å². The highest BCUT2D eigenvalue weighted by molar-refractivity contribution is 5.84. The number of carbonyl (C=O) groups excluding carboxylic acids is 3.